The molecule has 0 saturated carbocycles. The van der Waals surface area contributed by atoms with Crippen molar-refractivity contribution in [2.75, 3.05) is 32.9 Å². The largest absolute Gasteiger partial charge is 0.492 e. The number of nitrogens with zero attached hydrogens (tertiary/aromatic N) is 3. The van der Waals surface area contributed by atoms with Crippen LogP contribution in [0.15, 0.2) is 89.7 Å². The van der Waals surface area contributed by atoms with Crippen LogP contribution in [0.5, 0.6) is 17.5 Å². The number of aliphatic hydroxyl groups is 2. The molecule has 12 nitrogen and oxygen atoms in total. The van der Waals surface area contributed by atoms with Gasteiger partial charge in [0.1, 0.15) is 36.7 Å². The number of benzene rings is 3. The molecule has 0 aliphatic heterocycles. The van der Waals surface area contributed by atoms with Crippen LogP contribution in [0.4, 0.5) is 0 Å². The van der Waals surface area contributed by atoms with E-state index in [4.69, 9.17) is 35.9 Å². The van der Waals surface area contributed by atoms with E-state index in [-0.39, 0.29) is 37.6 Å². The van der Waals surface area contributed by atoms with Gasteiger partial charge in [-0.15, -0.1) is 0 Å². The summed E-state index contributed by atoms with van der Waals surface area (Å²) in [6.45, 7) is 2.54. The Bertz CT molecular complexity index is 2220. The van der Waals surface area contributed by atoms with Gasteiger partial charge < -0.3 is 34.8 Å². The number of pyridine rings is 2. The molecule has 2 atom stereocenters. The van der Waals surface area contributed by atoms with Gasteiger partial charge in [-0.3, -0.25) is 15.1 Å². The number of hydrogen-bond donors (Lipinski definition) is 5. The Kier molecular flexibility index (Phi) is 13.6. The summed E-state index contributed by atoms with van der Waals surface area (Å²) in [7, 11) is 0. The first-order valence-electron chi connectivity index (χ1n) is 18.0. The number of rotatable bonds is 18. The number of carboxylic acid groups (broad SMARTS) is 1. The highest BCUT2D eigenvalue weighted by molar-refractivity contribution is 9.10. The zero-order valence-electron chi connectivity index (χ0n) is 30.6. The number of fused-ring (bicyclic) bond motifs is 1. The van der Waals surface area contributed by atoms with Gasteiger partial charge in [0.05, 0.1) is 28.3 Å². The standard InChI is InChI=1S/C42H41BrClN5O7/c1-42(25-51,41(52)53)48-23-29-19-36(43)40(49-39(29)55-24-27-18-26(20-45)21-47-22-27)56-37-13-12-33-32(5-3-6-34(33)37)35-7-2-4-31(38(35)44)28-8-10-30(11-9-28)54-17-15-46-14-16-50/h2-11,18-19,21-22,37,46,48,50-51H,12-17,23-25H2,1H3,(H,52,53)/t37-,42-/m0/s1. The van der Waals surface area contributed by atoms with E-state index >= 15 is 0 Å². The van der Waals surface area contributed by atoms with Crippen molar-refractivity contribution in [3.63, 3.8) is 0 Å². The van der Waals surface area contributed by atoms with Gasteiger partial charge >= 0.3 is 5.97 Å². The second-order valence-electron chi connectivity index (χ2n) is 13.4. The molecule has 1 aliphatic carbocycles. The molecule has 5 N–H and O–H groups in total. The van der Waals surface area contributed by atoms with Crippen LogP contribution < -0.4 is 24.8 Å². The lowest BCUT2D eigenvalue weighted by atomic mass is 9.94. The summed E-state index contributed by atoms with van der Waals surface area (Å²) in [6.07, 6.45) is 4.15. The van der Waals surface area contributed by atoms with Crippen molar-refractivity contribution in [2.24, 2.45) is 0 Å². The van der Waals surface area contributed by atoms with E-state index < -0.39 is 18.1 Å². The third kappa shape index (κ3) is 9.47. The fourth-order valence-electron chi connectivity index (χ4n) is 6.36. The summed E-state index contributed by atoms with van der Waals surface area (Å²) in [5.74, 6) is 0.0122. The van der Waals surface area contributed by atoms with Crippen molar-refractivity contribution in [1.82, 2.24) is 20.6 Å². The van der Waals surface area contributed by atoms with Gasteiger partial charge in [0.2, 0.25) is 11.8 Å². The highest BCUT2D eigenvalue weighted by atomic mass is 79.9. The minimum absolute atomic E-state index is 0.0122. The number of hydrogen-bond acceptors (Lipinski definition) is 11. The molecule has 0 fully saturated rings. The van der Waals surface area contributed by atoms with Crippen LogP contribution in [0, 0.1) is 11.3 Å². The zero-order valence-corrected chi connectivity index (χ0v) is 32.9. The molecule has 0 saturated heterocycles. The van der Waals surface area contributed by atoms with E-state index in [0.717, 1.165) is 45.6 Å². The fraction of sp³-hybridized carbons (Fsp3) is 0.286. The molecule has 0 radical (unpaired) electrons. The first kappa shape index (κ1) is 40.6. The van der Waals surface area contributed by atoms with E-state index in [1.807, 2.05) is 54.6 Å². The summed E-state index contributed by atoms with van der Waals surface area (Å²) in [5, 5.41) is 44.4. The summed E-state index contributed by atoms with van der Waals surface area (Å²) in [5.41, 5.74) is 5.88. The third-order valence-corrected chi connectivity index (χ3v) is 10.5. The highest BCUT2D eigenvalue weighted by Gasteiger charge is 2.33. The van der Waals surface area contributed by atoms with Gasteiger partial charge in [0.15, 0.2) is 0 Å². The summed E-state index contributed by atoms with van der Waals surface area (Å²) in [4.78, 5) is 20.7. The van der Waals surface area contributed by atoms with Crippen molar-refractivity contribution in [3.05, 3.63) is 123 Å². The molecule has 2 aromatic heterocycles. The normalized spacial score (nSPS) is 14.4. The Hall–Kier alpha value is -5.07. The van der Waals surface area contributed by atoms with Gasteiger partial charge in [0.25, 0.3) is 0 Å². The molecule has 2 heterocycles. The van der Waals surface area contributed by atoms with E-state index in [0.29, 0.717) is 52.3 Å². The quantitative estimate of drug-likeness (QED) is 0.0596. The average molecular weight is 843 g/mol. The minimum Gasteiger partial charge on any atom is -0.492 e. The Labute approximate surface area is 338 Å². The van der Waals surface area contributed by atoms with E-state index in [1.165, 1.54) is 13.1 Å². The predicted molar refractivity (Wildman–Crippen MR) is 215 cm³/mol. The Balaban J connectivity index is 1.24. The van der Waals surface area contributed by atoms with Crippen LogP contribution in [0.2, 0.25) is 5.02 Å². The van der Waals surface area contributed by atoms with Gasteiger partial charge in [-0.1, -0.05) is 60.1 Å². The molecule has 3 aromatic carbocycles. The minimum atomic E-state index is -1.60. The number of nitrogens with one attached hydrogen (secondary N) is 2. The number of aliphatic hydroxyl groups excluding tert-OH is 2. The predicted octanol–water partition coefficient (Wildman–Crippen LogP) is 6.63. The number of halogens is 2. The Morgan fingerprint density at radius 2 is 1.79 bits per heavy atom. The third-order valence-electron chi connectivity index (χ3n) is 9.50. The molecule has 5 aromatic rings. The zero-order chi connectivity index (χ0) is 39.7. The maximum absolute atomic E-state index is 11.9. The van der Waals surface area contributed by atoms with Crippen LogP contribution in [0.1, 0.15) is 47.3 Å². The maximum Gasteiger partial charge on any atom is 0.326 e. The Morgan fingerprint density at radius 3 is 2.54 bits per heavy atom. The number of aromatic nitrogens is 2. The van der Waals surface area contributed by atoms with Crippen LogP contribution in [0.25, 0.3) is 22.3 Å². The molecule has 0 unspecified atom stereocenters. The average Bonchev–Trinajstić information content (AvgIpc) is 3.63. The second-order valence-corrected chi connectivity index (χ2v) is 14.6. The first-order chi connectivity index (χ1) is 27.1. The molecular formula is C42H41BrClN5O7. The molecule has 290 valence electrons. The van der Waals surface area contributed by atoms with Crippen molar-refractivity contribution >= 4 is 33.5 Å². The number of carboxylic acids is 1. The molecule has 0 spiro atoms. The maximum atomic E-state index is 11.9. The van der Waals surface area contributed by atoms with E-state index in [1.54, 1.807) is 18.3 Å². The van der Waals surface area contributed by atoms with Crippen molar-refractivity contribution in [1.29, 1.82) is 5.26 Å². The lowest BCUT2D eigenvalue weighted by Crippen LogP contribution is -2.52. The summed E-state index contributed by atoms with van der Waals surface area (Å²) < 4.78 is 19.1. The van der Waals surface area contributed by atoms with Gasteiger partial charge in [0, 0.05) is 54.3 Å². The lowest BCUT2D eigenvalue weighted by Gasteiger charge is -2.24. The SMILES string of the molecule is C[C@@](CO)(NCc1cc(Br)c(O[C@H]2CCc3c(-c4cccc(-c5ccc(OCCNCCO)cc5)c4Cl)cccc32)nc1OCc1cncc(C#N)c1)C(=O)O. The topological polar surface area (TPSA) is 179 Å². The van der Waals surface area contributed by atoms with Crippen molar-refractivity contribution in [2.45, 2.75) is 44.6 Å². The van der Waals surface area contributed by atoms with Crippen LogP contribution in [0.3, 0.4) is 0 Å². The van der Waals surface area contributed by atoms with E-state index in [2.05, 4.69) is 43.7 Å². The highest BCUT2D eigenvalue weighted by Crippen LogP contribution is 2.45. The number of ether oxygens (including phenoxy) is 3. The molecule has 6 rings (SSSR count). The smallest absolute Gasteiger partial charge is 0.326 e. The Morgan fingerprint density at radius 1 is 1.02 bits per heavy atom. The molecular weight excluding hydrogens is 802 g/mol. The van der Waals surface area contributed by atoms with Crippen molar-refractivity contribution in [3.8, 4) is 45.8 Å². The molecule has 1 aliphatic rings. The van der Waals surface area contributed by atoms with Crippen LogP contribution in [-0.2, 0) is 24.4 Å². The molecule has 14 heteroatoms. The van der Waals surface area contributed by atoms with Gasteiger partial charge in [-0.25, -0.2) is 0 Å². The number of aliphatic carboxylic acids is 1. The van der Waals surface area contributed by atoms with Crippen LogP contribution >= 0.6 is 27.5 Å². The summed E-state index contributed by atoms with van der Waals surface area (Å²) >= 11 is 10.8. The first-order valence-corrected chi connectivity index (χ1v) is 19.2. The van der Waals surface area contributed by atoms with Crippen molar-refractivity contribution < 1.29 is 34.3 Å². The van der Waals surface area contributed by atoms with Crippen LogP contribution in [-0.4, -0.2) is 69.7 Å². The summed E-state index contributed by atoms with van der Waals surface area (Å²) in [6, 6.07) is 25.4. The monoisotopic (exact) mass is 841 g/mol. The van der Waals surface area contributed by atoms with E-state index in [9.17, 15) is 20.3 Å². The molecule has 0 amide bonds. The molecule has 0 bridgehead atoms. The lowest BCUT2D eigenvalue weighted by molar-refractivity contribution is -0.145. The second kappa shape index (κ2) is 18.7. The number of nitriles is 1. The fourth-order valence-corrected chi connectivity index (χ4v) is 7.16. The van der Waals surface area contributed by atoms with Gasteiger partial charge in [-0.05, 0) is 82.2 Å². The van der Waals surface area contributed by atoms with Gasteiger partial charge in [-0.2, -0.15) is 10.2 Å². The molecule has 56 heavy (non-hydrogen) atoms. The number of carbonyl (C=O) groups is 1.